The van der Waals surface area contributed by atoms with Crippen LogP contribution in [0.5, 0.6) is 0 Å². The van der Waals surface area contributed by atoms with Crippen LogP contribution in [0.1, 0.15) is 54.4 Å². The Morgan fingerprint density at radius 1 is 1.22 bits per heavy atom. The van der Waals surface area contributed by atoms with Crippen molar-refractivity contribution < 1.29 is 17.9 Å². The van der Waals surface area contributed by atoms with E-state index in [9.17, 15) is 13.2 Å². The van der Waals surface area contributed by atoms with Gasteiger partial charge in [-0.05, 0) is 54.4 Å². The predicted octanol–water partition coefficient (Wildman–Crippen LogP) is 2.19. The van der Waals surface area contributed by atoms with Crippen LogP contribution in [0.2, 0.25) is 0 Å². The predicted molar refractivity (Wildman–Crippen MR) is 92.4 cm³/mol. The summed E-state index contributed by atoms with van der Waals surface area (Å²) < 4.78 is 29.0. The molecule has 0 aromatic heterocycles. The monoisotopic (exact) mass is 348 g/mol. The number of nitrogens with one attached hydrogen (secondary N) is 1. The second kappa shape index (κ2) is 7.38. The zero-order valence-electron chi connectivity index (χ0n) is 15.3. The number of carbonyl (C=O) groups excluding carboxylic acids is 1. The van der Waals surface area contributed by atoms with Crippen molar-refractivity contribution in [1.82, 2.24) is 10.2 Å². The first-order valence-electron chi connectivity index (χ1n) is 8.26. The fourth-order valence-electron chi connectivity index (χ4n) is 2.56. The molecule has 1 unspecified atom stereocenters. The molecular weight excluding hydrogens is 316 g/mol. The molecule has 7 heteroatoms. The average molecular weight is 349 g/mol. The lowest BCUT2D eigenvalue weighted by molar-refractivity contribution is 0.00665. The first-order valence-corrected chi connectivity index (χ1v) is 9.97. The van der Waals surface area contributed by atoms with Crippen LogP contribution in [-0.4, -0.2) is 61.2 Å². The van der Waals surface area contributed by atoms with Crippen molar-refractivity contribution in [3.05, 3.63) is 0 Å². The standard InChI is InChI=1S/C16H32N2O4S/c1-15(2,3)18(14(19)22-16(4,5)6)10-9-17-12-13-8-7-11-23(13,20)21/h13,17H,7-12H2,1-6H3. The van der Waals surface area contributed by atoms with E-state index < -0.39 is 15.4 Å². The lowest BCUT2D eigenvalue weighted by Crippen LogP contribution is -2.50. The van der Waals surface area contributed by atoms with Crippen LogP contribution in [0.3, 0.4) is 0 Å². The molecule has 6 nitrogen and oxygen atoms in total. The first-order chi connectivity index (χ1) is 10.3. The van der Waals surface area contributed by atoms with Crippen molar-refractivity contribution >= 4 is 15.9 Å². The molecular formula is C16H32N2O4S. The molecule has 0 radical (unpaired) electrons. The van der Waals surface area contributed by atoms with Crippen LogP contribution in [0, 0.1) is 0 Å². The SMILES string of the molecule is CC(C)(C)OC(=O)N(CCNCC1CCCS1(=O)=O)C(C)(C)C. The maximum absolute atomic E-state index is 12.3. The Balaban J connectivity index is 2.51. The highest BCUT2D eigenvalue weighted by Crippen LogP contribution is 2.20. The van der Waals surface area contributed by atoms with Gasteiger partial charge in [-0.3, -0.25) is 0 Å². The van der Waals surface area contributed by atoms with Crippen LogP contribution in [0.15, 0.2) is 0 Å². The van der Waals surface area contributed by atoms with Crippen molar-refractivity contribution in [3.63, 3.8) is 0 Å². The summed E-state index contributed by atoms with van der Waals surface area (Å²) in [5.74, 6) is 0.297. The van der Waals surface area contributed by atoms with Gasteiger partial charge in [0.1, 0.15) is 5.60 Å². The molecule has 1 heterocycles. The van der Waals surface area contributed by atoms with Gasteiger partial charge in [0.2, 0.25) is 0 Å². The molecule has 1 aliphatic heterocycles. The van der Waals surface area contributed by atoms with Crippen molar-refractivity contribution in [2.24, 2.45) is 0 Å². The third-order valence-corrected chi connectivity index (χ3v) is 6.05. The largest absolute Gasteiger partial charge is 0.444 e. The number of carbonyl (C=O) groups is 1. The lowest BCUT2D eigenvalue weighted by atomic mass is 10.1. The third-order valence-electron chi connectivity index (χ3n) is 3.77. The highest BCUT2D eigenvalue weighted by Gasteiger charge is 2.32. The Morgan fingerprint density at radius 2 is 1.83 bits per heavy atom. The zero-order valence-corrected chi connectivity index (χ0v) is 16.1. The number of rotatable bonds is 5. The highest BCUT2D eigenvalue weighted by molar-refractivity contribution is 7.92. The summed E-state index contributed by atoms with van der Waals surface area (Å²) >= 11 is 0. The molecule has 1 fully saturated rings. The van der Waals surface area contributed by atoms with Crippen LogP contribution in [-0.2, 0) is 14.6 Å². The number of hydrogen-bond donors (Lipinski definition) is 1. The molecule has 1 rings (SSSR count). The molecule has 0 aromatic rings. The number of ether oxygens (including phenoxy) is 1. The van der Waals surface area contributed by atoms with Crippen molar-refractivity contribution in [1.29, 1.82) is 0 Å². The van der Waals surface area contributed by atoms with Crippen LogP contribution >= 0.6 is 0 Å². The number of amides is 1. The van der Waals surface area contributed by atoms with Gasteiger partial charge in [-0.2, -0.15) is 0 Å². The Kier molecular flexibility index (Phi) is 6.49. The minimum absolute atomic E-state index is 0.285. The molecule has 23 heavy (non-hydrogen) atoms. The summed E-state index contributed by atoms with van der Waals surface area (Å²) in [6, 6.07) is 0. The van der Waals surface area contributed by atoms with E-state index in [0.717, 1.165) is 12.8 Å². The molecule has 0 aromatic carbocycles. The van der Waals surface area contributed by atoms with Crippen LogP contribution in [0.4, 0.5) is 4.79 Å². The zero-order chi connectivity index (χ0) is 17.9. The molecule has 0 spiro atoms. The first kappa shape index (κ1) is 20.2. The van der Waals surface area contributed by atoms with Crippen molar-refractivity contribution in [2.75, 3.05) is 25.4 Å². The number of sulfone groups is 1. The van der Waals surface area contributed by atoms with E-state index in [1.807, 2.05) is 41.5 Å². The summed E-state index contributed by atoms with van der Waals surface area (Å²) in [6.07, 6.45) is 1.13. The average Bonchev–Trinajstić information content (AvgIpc) is 2.64. The Labute approximate surface area is 140 Å². The quantitative estimate of drug-likeness (QED) is 0.771. The van der Waals surface area contributed by atoms with Gasteiger partial charge in [0, 0.05) is 25.2 Å². The van der Waals surface area contributed by atoms with Gasteiger partial charge < -0.3 is 15.0 Å². The van der Waals surface area contributed by atoms with E-state index in [1.54, 1.807) is 4.90 Å². The Bertz CT molecular complexity index is 503. The molecule has 0 aliphatic carbocycles. The number of hydrogen-bond acceptors (Lipinski definition) is 5. The topological polar surface area (TPSA) is 75.7 Å². The van der Waals surface area contributed by atoms with Gasteiger partial charge in [-0.15, -0.1) is 0 Å². The summed E-state index contributed by atoms with van der Waals surface area (Å²) in [5, 5.41) is 2.89. The summed E-state index contributed by atoms with van der Waals surface area (Å²) in [7, 11) is -2.92. The smallest absolute Gasteiger partial charge is 0.410 e. The fourth-order valence-corrected chi connectivity index (χ4v) is 4.36. The van der Waals surface area contributed by atoms with Crippen molar-refractivity contribution in [2.45, 2.75) is 70.8 Å². The maximum Gasteiger partial charge on any atom is 0.410 e. The summed E-state index contributed by atoms with van der Waals surface area (Å²) in [5.41, 5.74) is -0.893. The van der Waals surface area contributed by atoms with E-state index in [-0.39, 0.29) is 16.9 Å². The fraction of sp³-hybridized carbons (Fsp3) is 0.938. The molecule has 0 bridgehead atoms. The van der Waals surface area contributed by atoms with E-state index in [2.05, 4.69) is 5.32 Å². The molecule has 1 atom stereocenters. The van der Waals surface area contributed by atoms with Crippen LogP contribution < -0.4 is 5.32 Å². The minimum atomic E-state index is -2.92. The van der Waals surface area contributed by atoms with Gasteiger partial charge in [-0.1, -0.05) is 0 Å². The molecule has 1 N–H and O–H groups in total. The molecule has 0 saturated carbocycles. The van der Waals surface area contributed by atoms with Gasteiger partial charge in [0.05, 0.1) is 11.0 Å². The van der Waals surface area contributed by atoms with E-state index in [0.29, 0.717) is 25.4 Å². The number of nitrogens with zero attached hydrogens (tertiary/aromatic N) is 1. The van der Waals surface area contributed by atoms with Gasteiger partial charge in [-0.25, -0.2) is 13.2 Å². The Hall–Kier alpha value is -0.820. The molecule has 1 aliphatic rings. The second-order valence-corrected chi connectivity index (χ2v) is 10.5. The van der Waals surface area contributed by atoms with Crippen molar-refractivity contribution in [3.8, 4) is 0 Å². The van der Waals surface area contributed by atoms with Gasteiger partial charge in [0.25, 0.3) is 0 Å². The highest BCUT2D eigenvalue weighted by atomic mass is 32.2. The third kappa shape index (κ3) is 6.67. The summed E-state index contributed by atoms with van der Waals surface area (Å²) in [4.78, 5) is 14.0. The Morgan fingerprint density at radius 3 is 2.26 bits per heavy atom. The van der Waals surface area contributed by atoms with E-state index >= 15 is 0 Å². The summed E-state index contributed by atoms with van der Waals surface area (Å²) in [6.45, 7) is 12.9. The van der Waals surface area contributed by atoms with E-state index in [1.165, 1.54) is 0 Å². The molecule has 1 saturated heterocycles. The molecule has 136 valence electrons. The molecule has 1 amide bonds. The second-order valence-electron chi connectivity index (χ2n) is 8.14. The minimum Gasteiger partial charge on any atom is -0.444 e. The van der Waals surface area contributed by atoms with E-state index in [4.69, 9.17) is 4.74 Å². The maximum atomic E-state index is 12.3. The normalized spacial score (nSPS) is 21.2. The van der Waals surface area contributed by atoms with Gasteiger partial charge in [0.15, 0.2) is 9.84 Å². The van der Waals surface area contributed by atoms with Gasteiger partial charge >= 0.3 is 6.09 Å². The lowest BCUT2D eigenvalue weighted by Gasteiger charge is -2.37. The van der Waals surface area contributed by atoms with Crippen LogP contribution in [0.25, 0.3) is 0 Å².